The topological polar surface area (TPSA) is 175 Å². The Labute approximate surface area is 442 Å². The maximum absolute atomic E-state index is 13.0. The molecule has 0 radical (unpaired) electrons. The Balaban J connectivity index is 1.99. The van der Waals surface area contributed by atoms with Crippen molar-refractivity contribution < 1.29 is 49.3 Å². The van der Waals surface area contributed by atoms with E-state index < -0.39 is 49.5 Å². The smallest absolute Gasteiger partial charge is 0.305 e. The van der Waals surface area contributed by atoms with Gasteiger partial charge in [-0.15, -0.1) is 0 Å². The van der Waals surface area contributed by atoms with Gasteiger partial charge in [-0.1, -0.05) is 270 Å². The van der Waals surface area contributed by atoms with Crippen molar-refractivity contribution in [3.05, 3.63) is 12.2 Å². The fraction of sp³-hybridized carbons (Fsp3) is 0.934. The number of aliphatic hydroxyl groups is 5. The Morgan fingerprint density at radius 3 is 1.29 bits per heavy atom. The van der Waals surface area contributed by atoms with Gasteiger partial charge in [0.2, 0.25) is 5.91 Å². The number of unbranched alkanes of at least 4 members (excludes halogenated alkanes) is 40. The number of nitrogens with one attached hydrogen (secondary N) is 1. The molecule has 7 atom stereocenters. The summed E-state index contributed by atoms with van der Waals surface area (Å²) in [7, 11) is 0. The van der Waals surface area contributed by atoms with Crippen LogP contribution in [0.25, 0.3) is 0 Å². The van der Waals surface area contributed by atoms with Crippen LogP contribution in [0.5, 0.6) is 0 Å². The molecule has 1 aliphatic rings. The summed E-state index contributed by atoms with van der Waals surface area (Å²) >= 11 is 0. The molecule has 1 fully saturated rings. The Kier molecular flexibility index (Phi) is 48.9. The van der Waals surface area contributed by atoms with Gasteiger partial charge in [0.05, 0.1) is 32.0 Å². The van der Waals surface area contributed by atoms with Crippen LogP contribution in [0.3, 0.4) is 0 Å². The van der Waals surface area contributed by atoms with Gasteiger partial charge in [-0.2, -0.15) is 0 Å². The minimum absolute atomic E-state index is 0.00666. The van der Waals surface area contributed by atoms with E-state index in [1.54, 1.807) is 6.08 Å². The highest BCUT2D eigenvalue weighted by Gasteiger charge is 2.44. The Morgan fingerprint density at radius 2 is 0.875 bits per heavy atom. The third-order valence-electron chi connectivity index (χ3n) is 14.9. The maximum Gasteiger partial charge on any atom is 0.305 e. The summed E-state index contributed by atoms with van der Waals surface area (Å²) < 4.78 is 16.7. The van der Waals surface area contributed by atoms with Crippen molar-refractivity contribution >= 4 is 11.9 Å². The number of amides is 1. The molecule has 11 heteroatoms. The van der Waals surface area contributed by atoms with Crippen molar-refractivity contribution in [2.75, 3.05) is 19.8 Å². The molecule has 1 saturated heterocycles. The van der Waals surface area contributed by atoms with E-state index in [-0.39, 0.29) is 18.5 Å². The van der Waals surface area contributed by atoms with E-state index in [9.17, 15) is 35.1 Å². The van der Waals surface area contributed by atoms with Crippen molar-refractivity contribution in [1.82, 2.24) is 5.32 Å². The Bertz CT molecular complexity index is 1200. The second-order valence-electron chi connectivity index (χ2n) is 21.8. The van der Waals surface area contributed by atoms with Gasteiger partial charge in [0, 0.05) is 12.8 Å². The normalized spacial score (nSPS) is 19.0. The quantitative estimate of drug-likeness (QED) is 0.0195. The summed E-state index contributed by atoms with van der Waals surface area (Å²) in [4.78, 5) is 25.1. The summed E-state index contributed by atoms with van der Waals surface area (Å²) in [6.45, 7) is 4.32. The third-order valence-corrected chi connectivity index (χ3v) is 14.9. The largest absolute Gasteiger partial charge is 0.466 e. The van der Waals surface area contributed by atoms with E-state index in [1.165, 1.54) is 212 Å². The molecule has 6 N–H and O–H groups in total. The van der Waals surface area contributed by atoms with E-state index in [0.717, 1.165) is 64.2 Å². The van der Waals surface area contributed by atoms with Gasteiger partial charge in [-0.3, -0.25) is 9.59 Å². The number of rotatable bonds is 54. The molecule has 11 nitrogen and oxygen atoms in total. The van der Waals surface area contributed by atoms with Crippen LogP contribution >= 0.6 is 0 Å². The molecule has 1 rings (SSSR count). The first-order chi connectivity index (χ1) is 35.2. The molecule has 0 aromatic carbocycles. The van der Waals surface area contributed by atoms with Crippen LogP contribution in [0, 0.1) is 0 Å². The highest BCUT2D eigenvalue weighted by molar-refractivity contribution is 5.76. The fourth-order valence-electron chi connectivity index (χ4n) is 9.97. The molecule has 0 spiro atoms. The molecule has 1 aliphatic heterocycles. The van der Waals surface area contributed by atoms with E-state index in [1.807, 2.05) is 6.08 Å². The predicted molar refractivity (Wildman–Crippen MR) is 297 cm³/mol. The standard InChI is InChI=1S/C61H117NO10/c1-3-5-7-9-11-13-14-15-16-17-20-23-26-29-33-37-41-45-49-57(66)70-50-46-42-38-34-30-27-24-21-18-19-22-25-28-32-36-40-44-48-56(65)62-53(54(64)47-43-39-35-31-12-10-8-6-4-2)52-71-61-60(69)59(68)58(67)55(51-63)72-61/h43,47,53-55,58-61,63-64,67-69H,3-42,44-46,48-52H2,1-2H3,(H,62,65)/b47-43+. The monoisotopic (exact) mass is 1020 g/mol. The summed E-state index contributed by atoms with van der Waals surface area (Å²) in [5, 5.41) is 54.2. The zero-order valence-corrected chi connectivity index (χ0v) is 46.9. The highest BCUT2D eigenvalue weighted by atomic mass is 16.7. The van der Waals surface area contributed by atoms with Crippen LogP contribution in [0.15, 0.2) is 12.2 Å². The van der Waals surface area contributed by atoms with Gasteiger partial charge in [-0.25, -0.2) is 0 Å². The zero-order chi connectivity index (χ0) is 52.4. The van der Waals surface area contributed by atoms with Crippen LogP contribution in [0.2, 0.25) is 0 Å². The van der Waals surface area contributed by atoms with Crippen LogP contribution in [0.1, 0.15) is 303 Å². The van der Waals surface area contributed by atoms with Crippen LogP contribution < -0.4 is 5.32 Å². The molecule has 0 saturated carbocycles. The number of allylic oxidation sites excluding steroid dienone is 1. The van der Waals surface area contributed by atoms with Crippen molar-refractivity contribution in [2.24, 2.45) is 0 Å². The van der Waals surface area contributed by atoms with Crippen LogP contribution in [-0.4, -0.2) is 100 Å². The fourth-order valence-corrected chi connectivity index (χ4v) is 9.97. The van der Waals surface area contributed by atoms with E-state index >= 15 is 0 Å². The van der Waals surface area contributed by atoms with Crippen molar-refractivity contribution in [3.63, 3.8) is 0 Å². The van der Waals surface area contributed by atoms with Gasteiger partial charge in [-0.05, 0) is 32.1 Å². The average molecular weight is 1020 g/mol. The second kappa shape index (κ2) is 51.5. The van der Waals surface area contributed by atoms with Crippen molar-refractivity contribution in [2.45, 2.75) is 346 Å². The van der Waals surface area contributed by atoms with Gasteiger partial charge in [0.1, 0.15) is 24.4 Å². The maximum atomic E-state index is 13.0. The minimum atomic E-state index is -1.57. The van der Waals surface area contributed by atoms with E-state index in [0.29, 0.717) is 19.4 Å². The zero-order valence-electron chi connectivity index (χ0n) is 46.9. The number of carbonyl (C=O) groups excluding carboxylic acids is 2. The minimum Gasteiger partial charge on any atom is -0.466 e. The summed E-state index contributed by atoms with van der Waals surface area (Å²) in [5.74, 6) is -0.194. The number of hydrogen-bond acceptors (Lipinski definition) is 10. The average Bonchev–Trinajstić information content (AvgIpc) is 3.38. The molecule has 0 aliphatic carbocycles. The van der Waals surface area contributed by atoms with E-state index in [2.05, 4.69) is 19.2 Å². The first kappa shape index (κ1) is 68.4. The number of ether oxygens (including phenoxy) is 3. The summed E-state index contributed by atoms with van der Waals surface area (Å²) in [6, 6.07) is -0.811. The lowest BCUT2D eigenvalue weighted by molar-refractivity contribution is -0.302. The van der Waals surface area contributed by atoms with Crippen molar-refractivity contribution in [1.29, 1.82) is 0 Å². The lowest BCUT2D eigenvalue weighted by Gasteiger charge is -2.40. The predicted octanol–water partition coefficient (Wildman–Crippen LogP) is 14.3. The van der Waals surface area contributed by atoms with Crippen LogP contribution in [-0.2, 0) is 23.8 Å². The third kappa shape index (κ3) is 40.7. The molecule has 0 bridgehead atoms. The SMILES string of the molecule is CCCCCCCCC/C=C/C(O)C(COC1OC(CO)C(O)C(O)C1O)NC(=O)CCCCCCCCCCCCCCCCCCCOC(=O)CCCCCCCCCCCCCCCCCCCC. The molecule has 7 unspecified atom stereocenters. The van der Waals surface area contributed by atoms with Gasteiger partial charge in [0.25, 0.3) is 0 Å². The van der Waals surface area contributed by atoms with Gasteiger partial charge in [0.15, 0.2) is 6.29 Å². The number of esters is 1. The molecular formula is C61H117NO10. The van der Waals surface area contributed by atoms with E-state index in [4.69, 9.17) is 14.2 Å². The van der Waals surface area contributed by atoms with Gasteiger partial charge < -0.3 is 45.1 Å². The number of hydrogen-bond donors (Lipinski definition) is 6. The van der Waals surface area contributed by atoms with Gasteiger partial charge >= 0.3 is 5.97 Å². The first-order valence-electron chi connectivity index (χ1n) is 31.0. The lowest BCUT2D eigenvalue weighted by Crippen LogP contribution is -2.60. The van der Waals surface area contributed by atoms with Crippen molar-refractivity contribution in [3.8, 4) is 0 Å². The molecular weight excluding hydrogens is 907 g/mol. The molecule has 1 amide bonds. The van der Waals surface area contributed by atoms with Crippen LogP contribution in [0.4, 0.5) is 0 Å². The Hall–Kier alpha value is -1.60. The summed E-state index contributed by atoms with van der Waals surface area (Å²) in [6.07, 6.45) is 50.3. The Morgan fingerprint density at radius 1 is 0.500 bits per heavy atom. The number of carbonyl (C=O) groups is 2. The lowest BCUT2D eigenvalue weighted by atomic mass is 9.99. The number of aliphatic hydroxyl groups excluding tert-OH is 5. The molecule has 0 aromatic rings. The molecule has 426 valence electrons. The molecule has 1 heterocycles. The molecule has 0 aromatic heterocycles. The second-order valence-corrected chi connectivity index (χ2v) is 21.8. The highest BCUT2D eigenvalue weighted by Crippen LogP contribution is 2.23. The summed E-state index contributed by atoms with van der Waals surface area (Å²) in [5.41, 5.74) is 0. The first-order valence-corrected chi connectivity index (χ1v) is 31.0. The molecule has 72 heavy (non-hydrogen) atoms.